The normalized spacial score (nSPS) is 23.3. The third-order valence-electron chi connectivity index (χ3n) is 7.45. The van der Waals surface area contributed by atoms with Crippen molar-refractivity contribution in [3.8, 4) is 5.75 Å². The number of carbonyl (C=O) groups excluding carboxylic acids is 2. The Hall–Kier alpha value is -3.22. The van der Waals surface area contributed by atoms with Gasteiger partial charge in [-0.05, 0) is 68.0 Å². The zero-order valence-electron chi connectivity index (χ0n) is 20.9. The van der Waals surface area contributed by atoms with Gasteiger partial charge in [0.25, 0.3) is 0 Å². The second kappa shape index (κ2) is 11.2. The number of benzene rings is 2. The van der Waals surface area contributed by atoms with Crippen LogP contribution in [-0.2, 0) is 9.59 Å². The van der Waals surface area contributed by atoms with Gasteiger partial charge in [-0.15, -0.1) is 0 Å². The molecule has 2 aromatic carbocycles. The Bertz CT molecular complexity index is 1170. The molecular formula is C30H35NO5. The van der Waals surface area contributed by atoms with Crippen LogP contribution in [0.4, 0.5) is 5.69 Å². The van der Waals surface area contributed by atoms with E-state index in [0.717, 1.165) is 29.6 Å². The molecule has 0 radical (unpaired) electrons. The quantitative estimate of drug-likeness (QED) is 0.346. The van der Waals surface area contributed by atoms with E-state index < -0.39 is 23.9 Å². The summed E-state index contributed by atoms with van der Waals surface area (Å²) in [6.07, 6.45) is 4.56. The van der Waals surface area contributed by atoms with Gasteiger partial charge in [-0.1, -0.05) is 60.9 Å². The van der Waals surface area contributed by atoms with Crippen molar-refractivity contribution in [3.05, 3.63) is 76.9 Å². The number of amides is 2. The monoisotopic (exact) mass is 489 g/mol. The van der Waals surface area contributed by atoms with Crippen LogP contribution in [-0.4, -0.2) is 39.8 Å². The summed E-state index contributed by atoms with van der Waals surface area (Å²) in [6.45, 7) is 3.70. The molecule has 4 atom stereocenters. The lowest BCUT2D eigenvalue weighted by Gasteiger charge is -2.35. The third kappa shape index (κ3) is 5.15. The predicted molar refractivity (Wildman–Crippen MR) is 140 cm³/mol. The number of para-hydroxylation sites is 1. The summed E-state index contributed by atoms with van der Waals surface area (Å²) in [5, 5.41) is 31.4. The zero-order chi connectivity index (χ0) is 25.8. The number of phenolic OH excluding ortho intramolecular Hbond substituents is 1. The van der Waals surface area contributed by atoms with Gasteiger partial charge in [-0.25, -0.2) is 0 Å². The number of aliphatic hydroxyl groups excluding tert-OH is 2. The lowest BCUT2D eigenvalue weighted by atomic mass is 9.68. The molecule has 0 saturated carbocycles. The van der Waals surface area contributed by atoms with E-state index >= 15 is 0 Å². The van der Waals surface area contributed by atoms with E-state index in [9.17, 15) is 24.9 Å². The summed E-state index contributed by atoms with van der Waals surface area (Å²) in [7, 11) is 0. The van der Waals surface area contributed by atoms with E-state index in [1.807, 2.05) is 19.1 Å². The van der Waals surface area contributed by atoms with Crippen LogP contribution in [0.15, 0.2) is 71.3 Å². The molecule has 1 saturated heterocycles. The fraction of sp³-hybridized carbons (Fsp3) is 0.400. The molecule has 1 heterocycles. The summed E-state index contributed by atoms with van der Waals surface area (Å²) < 4.78 is 0. The number of hydrogen-bond acceptors (Lipinski definition) is 5. The van der Waals surface area contributed by atoms with E-state index in [1.165, 1.54) is 4.90 Å². The maximum atomic E-state index is 13.4. The highest BCUT2D eigenvalue weighted by Gasteiger charge is 2.54. The number of phenols is 1. The molecule has 6 heteroatoms. The first-order chi connectivity index (χ1) is 17.3. The number of aliphatic hydroxyl groups is 2. The standard InChI is InChI=1S/C30H35NO5/c1-3-8-20(16-21-9-7-12-23(33)17-21)13-14-26(34)27-19(2)15-24-28(25(27)18-32)30(36)31(29(24)35)22-10-5-4-6-11-22/h4-7,9-12,16-17,24-26,28,32-34H,3,8,13-15,18H2,1-2H3/b20-16+/t24-,25+,26-,28-/m1/s1. The summed E-state index contributed by atoms with van der Waals surface area (Å²) >= 11 is 0. The zero-order valence-corrected chi connectivity index (χ0v) is 20.9. The maximum Gasteiger partial charge on any atom is 0.238 e. The van der Waals surface area contributed by atoms with Crippen LogP contribution >= 0.6 is 0 Å². The predicted octanol–water partition coefficient (Wildman–Crippen LogP) is 4.85. The Labute approximate surface area is 212 Å². The molecule has 3 N–H and O–H groups in total. The van der Waals surface area contributed by atoms with Crippen molar-refractivity contribution < 1.29 is 24.9 Å². The SMILES string of the molecule is CCC/C(=C\c1cccc(O)c1)CC[C@@H](O)C1=C(C)C[C@H]2C(=O)N(c3ccccc3)C(=O)[C@H]2[C@H]1CO. The Morgan fingerprint density at radius 1 is 1.08 bits per heavy atom. The average molecular weight is 490 g/mol. The van der Waals surface area contributed by atoms with Crippen LogP contribution in [0.25, 0.3) is 6.08 Å². The molecule has 0 aromatic heterocycles. The van der Waals surface area contributed by atoms with E-state index in [2.05, 4.69) is 13.0 Å². The van der Waals surface area contributed by atoms with Crippen LogP contribution in [0.5, 0.6) is 5.75 Å². The van der Waals surface area contributed by atoms with Gasteiger partial charge in [0.1, 0.15) is 5.75 Å². The van der Waals surface area contributed by atoms with E-state index in [4.69, 9.17) is 0 Å². The molecule has 190 valence electrons. The summed E-state index contributed by atoms with van der Waals surface area (Å²) in [5.74, 6) is -2.11. The maximum absolute atomic E-state index is 13.4. The number of anilines is 1. The smallest absolute Gasteiger partial charge is 0.238 e. The Kier molecular flexibility index (Phi) is 8.07. The van der Waals surface area contributed by atoms with Crippen molar-refractivity contribution in [2.45, 2.75) is 52.1 Å². The molecule has 0 spiro atoms. The molecule has 1 aliphatic carbocycles. The summed E-state index contributed by atoms with van der Waals surface area (Å²) in [4.78, 5) is 27.9. The number of nitrogens with zero attached hydrogens (tertiary/aromatic N) is 1. The largest absolute Gasteiger partial charge is 0.508 e. The van der Waals surface area contributed by atoms with Crippen molar-refractivity contribution in [3.63, 3.8) is 0 Å². The molecule has 36 heavy (non-hydrogen) atoms. The fourth-order valence-electron chi connectivity index (χ4n) is 5.87. The number of fused-ring (bicyclic) bond motifs is 1. The number of hydrogen-bond donors (Lipinski definition) is 3. The Morgan fingerprint density at radius 3 is 2.50 bits per heavy atom. The lowest BCUT2D eigenvalue weighted by molar-refractivity contribution is -0.123. The Balaban J connectivity index is 1.54. The van der Waals surface area contributed by atoms with Gasteiger partial charge in [-0.2, -0.15) is 0 Å². The minimum atomic E-state index is -0.818. The van der Waals surface area contributed by atoms with Gasteiger partial charge in [0.05, 0.1) is 30.2 Å². The van der Waals surface area contributed by atoms with Gasteiger partial charge in [0.2, 0.25) is 11.8 Å². The highest BCUT2D eigenvalue weighted by molar-refractivity contribution is 6.22. The molecule has 4 rings (SSSR count). The number of allylic oxidation sites excluding steroid dienone is 2. The van der Waals surface area contributed by atoms with Crippen molar-refractivity contribution in [1.82, 2.24) is 0 Å². The molecule has 2 aromatic rings. The number of rotatable bonds is 9. The molecule has 0 bridgehead atoms. The second-order valence-electron chi connectivity index (χ2n) is 9.91. The number of carbonyl (C=O) groups is 2. The average Bonchev–Trinajstić information content (AvgIpc) is 3.11. The van der Waals surface area contributed by atoms with Gasteiger partial charge in [-0.3, -0.25) is 14.5 Å². The molecule has 0 unspecified atom stereocenters. The number of aromatic hydroxyl groups is 1. The van der Waals surface area contributed by atoms with E-state index in [1.54, 1.807) is 42.5 Å². The minimum Gasteiger partial charge on any atom is -0.508 e. The van der Waals surface area contributed by atoms with Gasteiger partial charge in [0, 0.05) is 5.92 Å². The summed E-state index contributed by atoms with van der Waals surface area (Å²) in [6, 6.07) is 16.0. The van der Waals surface area contributed by atoms with Crippen LogP contribution in [0.3, 0.4) is 0 Å². The molecule has 2 aliphatic rings. The van der Waals surface area contributed by atoms with Crippen molar-refractivity contribution in [2.24, 2.45) is 17.8 Å². The van der Waals surface area contributed by atoms with E-state index in [0.29, 0.717) is 30.5 Å². The van der Waals surface area contributed by atoms with Crippen LogP contribution < -0.4 is 4.90 Å². The lowest BCUT2D eigenvalue weighted by Crippen LogP contribution is -2.38. The highest BCUT2D eigenvalue weighted by Crippen LogP contribution is 2.47. The van der Waals surface area contributed by atoms with Gasteiger partial charge >= 0.3 is 0 Å². The second-order valence-corrected chi connectivity index (χ2v) is 9.91. The van der Waals surface area contributed by atoms with Crippen molar-refractivity contribution >= 4 is 23.6 Å². The minimum absolute atomic E-state index is 0.211. The first-order valence-corrected chi connectivity index (χ1v) is 12.8. The number of imide groups is 1. The van der Waals surface area contributed by atoms with Crippen LogP contribution in [0, 0.1) is 17.8 Å². The van der Waals surface area contributed by atoms with Gasteiger partial charge in [0.15, 0.2) is 0 Å². The summed E-state index contributed by atoms with van der Waals surface area (Å²) in [5.41, 5.74) is 4.20. The van der Waals surface area contributed by atoms with Gasteiger partial charge < -0.3 is 15.3 Å². The molecule has 2 amide bonds. The fourth-order valence-corrected chi connectivity index (χ4v) is 5.87. The molecular weight excluding hydrogens is 454 g/mol. The first-order valence-electron chi connectivity index (χ1n) is 12.8. The van der Waals surface area contributed by atoms with E-state index in [-0.39, 0.29) is 24.2 Å². The van der Waals surface area contributed by atoms with Crippen molar-refractivity contribution in [2.75, 3.05) is 11.5 Å². The topological polar surface area (TPSA) is 98.1 Å². The third-order valence-corrected chi connectivity index (χ3v) is 7.45. The molecule has 1 aliphatic heterocycles. The molecule has 1 fully saturated rings. The molecule has 6 nitrogen and oxygen atoms in total. The highest BCUT2D eigenvalue weighted by atomic mass is 16.3. The van der Waals surface area contributed by atoms with Crippen LogP contribution in [0.2, 0.25) is 0 Å². The van der Waals surface area contributed by atoms with Crippen molar-refractivity contribution in [1.29, 1.82) is 0 Å². The van der Waals surface area contributed by atoms with Crippen LogP contribution in [0.1, 0.15) is 51.5 Å². The first kappa shape index (κ1) is 25.9. The Morgan fingerprint density at radius 2 is 1.83 bits per heavy atom.